The summed E-state index contributed by atoms with van der Waals surface area (Å²) >= 11 is 0. The minimum Gasteiger partial charge on any atom is -0.316 e. The van der Waals surface area contributed by atoms with E-state index in [1.165, 1.54) is 5.56 Å². The van der Waals surface area contributed by atoms with Crippen molar-refractivity contribution in [2.24, 2.45) is 0 Å². The van der Waals surface area contributed by atoms with Gasteiger partial charge in [0.15, 0.2) is 0 Å². The summed E-state index contributed by atoms with van der Waals surface area (Å²) in [5.41, 5.74) is 1.98. The third-order valence-corrected chi connectivity index (χ3v) is 3.91. The van der Waals surface area contributed by atoms with E-state index in [0.29, 0.717) is 12.8 Å². The number of hydrogen-bond donors (Lipinski definition) is 1. The fourth-order valence-corrected chi connectivity index (χ4v) is 2.70. The SMILES string of the molecule is FC1(c2ccc(-c3ccccc3)cc2)CCNCC1. The molecule has 2 aromatic rings. The van der Waals surface area contributed by atoms with Crippen LogP contribution in [0.25, 0.3) is 11.1 Å². The van der Waals surface area contributed by atoms with Gasteiger partial charge in [0.1, 0.15) is 5.67 Å². The van der Waals surface area contributed by atoms with Gasteiger partial charge in [0.25, 0.3) is 0 Å². The van der Waals surface area contributed by atoms with Gasteiger partial charge in [0, 0.05) is 0 Å². The fraction of sp³-hybridized carbons (Fsp3) is 0.294. The van der Waals surface area contributed by atoms with Crippen LogP contribution in [0.2, 0.25) is 0 Å². The van der Waals surface area contributed by atoms with E-state index in [4.69, 9.17) is 0 Å². The van der Waals surface area contributed by atoms with Crippen LogP contribution in [0.5, 0.6) is 0 Å². The third kappa shape index (κ3) is 2.54. The van der Waals surface area contributed by atoms with Gasteiger partial charge in [0.05, 0.1) is 0 Å². The Labute approximate surface area is 113 Å². The van der Waals surface area contributed by atoms with Gasteiger partial charge in [-0.2, -0.15) is 0 Å². The van der Waals surface area contributed by atoms with E-state index >= 15 is 0 Å². The zero-order valence-corrected chi connectivity index (χ0v) is 10.9. The van der Waals surface area contributed by atoms with Gasteiger partial charge in [0.2, 0.25) is 0 Å². The van der Waals surface area contributed by atoms with Gasteiger partial charge in [-0.05, 0) is 42.6 Å². The zero-order valence-electron chi connectivity index (χ0n) is 10.9. The minimum absolute atomic E-state index is 0.567. The summed E-state index contributed by atoms with van der Waals surface area (Å²) in [7, 11) is 0. The van der Waals surface area contributed by atoms with Crippen molar-refractivity contribution in [2.75, 3.05) is 13.1 Å². The van der Waals surface area contributed by atoms with Crippen LogP contribution in [0.3, 0.4) is 0 Å². The molecule has 1 saturated heterocycles. The van der Waals surface area contributed by atoms with Gasteiger partial charge in [-0.25, -0.2) is 4.39 Å². The van der Waals surface area contributed by atoms with Crippen LogP contribution in [-0.4, -0.2) is 13.1 Å². The maximum absolute atomic E-state index is 14.8. The molecular weight excluding hydrogens is 237 g/mol. The van der Waals surface area contributed by atoms with Crippen LogP contribution in [0, 0.1) is 0 Å². The van der Waals surface area contributed by atoms with Crippen molar-refractivity contribution >= 4 is 0 Å². The lowest BCUT2D eigenvalue weighted by Crippen LogP contribution is -2.36. The number of alkyl halides is 1. The van der Waals surface area contributed by atoms with Crippen molar-refractivity contribution in [2.45, 2.75) is 18.5 Å². The van der Waals surface area contributed by atoms with Crippen LogP contribution in [0.1, 0.15) is 18.4 Å². The standard InChI is InChI=1S/C17H18FN/c18-17(10-12-19-13-11-17)16-8-6-15(7-9-16)14-4-2-1-3-5-14/h1-9,19H,10-13H2. The number of rotatable bonds is 2. The minimum atomic E-state index is -1.15. The summed E-state index contributed by atoms with van der Waals surface area (Å²) in [5, 5.41) is 3.21. The van der Waals surface area contributed by atoms with Crippen LogP contribution >= 0.6 is 0 Å². The van der Waals surface area contributed by atoms with Crippen LogP contribution < -0.4 is 5.32 Å². The number of hydrogen-bond acceptors (Lipinski definition) is 1. The molecule has 0 atom stereocenters. The summed E-state index contributed by atoms with van der Waals surface area (Å²) in [5.74, 6) is 0. The van der Waals surface area contributed by atoms with Gasteiger partial charge in [-0.15, -0.1) is 0 Å². The van der Waals surface area contributed by atoms with Crippen LogP contribution in [0.4, 0.5) is 4.39 Å². The van der Waals surface area contributed by atoms with Gasteiger partial charge in [-0.3, -0.25) is 0 Å². The Kier molecular flexibility index (Phi) is 3.34. The lowest BCUT2D eigenvalue weighted by atomic mass is 9.86. The maximum Gasteiger partial charge on any atom is 0.138 e. The molecule has 1 N–H and O–H groups in total. The molecule has 0 spiro atoms. The highest BCUT2D eigenvalue weighted by Gasteiger charge is 2.33. The molecule has 0 bridgehead atoms. The monoisotopic (exact) mass is 255 g/mol. The first kappa shape index (κ1) is 12.4. The molecule has 1 heterocycles. The highest BCUT2D eigenvalue weighted by Crippen LogP contribution is 2.35. The normalized spacial score (nSPS) is 18.2. The van der Waals surface area contributed by atoms with Crippen molar-refractivity contribution in [3.05, 3.63) is 60.2 Å². The first-order valence-corrected chi connectivity index (χ1v) is 6.84. The topological polar surface area (TPSA) is 12.0 Å². The van der Waals surface area contributed by atoms with Gasteiger partial charge < -0.3 is 5.32 Å². The Morgan fingerprint density at radius 1 is 0.789 bits per heavy atom. The predicted molar refractivity (Wildman–Crippen MR) is 76.8 cm³/mol. The lowest BCUT2D eigenvalue weighted by Gasteiger charge is -2.30. The fourth-order valence-electron chi connectivity index (χ4n) is 2.70. The molecule has 0 radical (unpaired) electrons. The highest BCUT2D eigenvalue weighted by atomic mass is 19.1. The van der Waals surface area contributed by atoms with Crippen molar-refractivity contribution in [3.8, 4) is 11.1 Å². The number of nitrogens with one attached hydrogen (secondary N) is 1. The Hall–Kier alpha value is -1.67. The summed E-state index contributed by atoms with van der Waals surface area (Å²) in [6.45, 7) is 1.52. The van der Waals surface area contributed by atoms with Crippen molar-refractivity contribution in [1.82, 2.24) is 5.32 Å². The highest BCUT2D eigenvalue weighted by molar-refractivity contribution is 5.63. The Bertz CT molecular complexity index is 527. The van der Waals surface area contributed by atoms with Crippen molar-refractivity contribution in [3.63, 3.8) is 0 Å². The Morgan fingerprint density at radius 2 is 1.37 bits per heavy atom. The predicted octanol–water partition coefficient (Wildman–Crippen LogP) is 3.90. The molecule has 0 saturated carbocycles. The first-order chi connectivity index (χ1) is 9.28. The van der Waals surface area contributed by atoms with Crippen LogP contribution in [-0.2, 0) is 5.67 Å². The summed E-state index contributed by atoms with van der Waals surface area (Å²) in [6, 6.07) is 18.1. The van der Waals surface area contributed by atoms with E-state index in [-0.39, 0.29) is 0 Å². The molecule has 2 aromatic carbocycles. The number of piperidine rings is 1. The molecule has 0 aromatic heterocycles. The summed E-state index contributed by atoms with van der Waals surface area (Å²) < 4.78 is 14.8. The van der Waals surface area contributed by atoms with E-state index in [1.807, 2.05) is 42.5 Å². The number of benzene rings is 2. The smallest absolute Gasteiger partial charge is 0.138 e. The largest absolute Gasteiger partial charge is 0.316 e. The molecule has 3 rings (SSSR count). The molecular formula is C17H18FN. The third-order valence-electron chi connectivity index (χ3n) is 3.91. The quantitative estimate of drug-likeness (QED) is 0.858. The number of halogens is 1. The molecule has 2 heteroatoms. The molecule has 1 fully saturated rings. The average Bonchev–Trinajstić information content (AvgIpc) is 2.49. The molecule has 0 aliphatic carbocycles. The first-order valence-electron chi connectivity index (χ1n) is 6.84. The molecule has 0 unspecified atom stereocenters. The van der Waals surface area contributed by atoms with E-state index in [1.54, 1.807) is 0 Å². The molecule has 1 aliphatic heterocycles. The summed E-state index contributed by atoms with van der Waals surface area (Å²) in [4.78, 5) is 0. The molecule has 0 amide bonds. The molecule has 19 heavy (non-hydrogen) atoms. The van der Waals surface area contributed by atoms with E-state index in [0.717, 1.165) is 24.2 Å². The second-order valence-corrected chi connectivity index (χ2v) is 5.16. The molecule has 98 valence electrons. The Morgan fingerprint density at radius 3 is 2.00 bits per heavy atom. The average molecular weight is 255 g/mol. The maximum atomic E-state index is 14.8. The van der Waals surface area contributed by atoms with E-state index < -0.39 is 5.67 Å². The zero-order chi connectivity index (χ0) is 13.1. The van der Waals surface area contributed by atoms with Gasteiger partial charge in [-0.1, -0.05) is 54.6 Å². The van der Waals surface area contributed by atoms with E-state index in [9.17, 15) is 4.39 Å². The molecule has 1 aliphatic rings. The van der Waals surface area contributed by atoms with Crippen LogP contribution in [0.15, 0.2) is 54.6 Å². The Balaban J connectivity index is 1.87. The van der Waals surface area contributed by atoms with Crippen molar-refractivity contribution < 1.29 is 4.39 Å². The van der Waals surface area contributed by atoms with Gasteiger partial charge >= 0.3 is 0 Å². The lowest BCUT2D eigenvalue weighted by molar-refractivity contribution is 0.115. The molecule has 1 nitrogen and oxygen atoms in total. The van der Waals surface area contributed by atoms with E-state index in [2.05, 4.69) is 17.4 Å². The summed E-state index contributed by atoms with van der Waals surface area (Å²) in [6.07, 6.45) is 1.13. The second kappa shape index (κ2) is 5.14. The second-order valence-electron chi connectivity index (χ2n) is 5.16. The van der Waals surface area contributed by atoms with Crippen molar-refractivity contribution in [1.29, 1.82) is 0 Å².